The number of unbranched alkanes of at least 4 members (excludes halogenated alkanes) is 1. The number of hydrogen-bond acceptors (Lipinski definition) is 5. The van der Waals surface area contributed by atoms with Gasteiger partial charge in [-0.2, -0.15) is 0 Å². The Morgan fingerprint density at radius 1 is 1.10 bits per heavy atom. The first-order chi connectivity index (χ1) is 15.0. The van der Waals surface area contributed by atoms with Gasteiger partial charge >= 0.3 is 6.09 Å². The molecule has 0 saturated heterocycles. The van der Waals surface area contributed by atoms with Gasteiger partial charge in [0.1, 0.15) is 5.75 Å². The summed E-state index contributed by atoms with van der Waals surface area (Å²) in [6, 6.07) is 6.83. The number of amides is 1. The second kappa shape index (κ2) is 14.7. The molecule has 1 aromatic carbocycles. The molecule has 0 unspecified atom stereocenters. The Morgan fingerprint density at radius 2 is 1.77 bits per heavy atom. The Balaban J connectivity index is 1.54. The average Bonchev–Trinajstić information content (AvgIpc) is 2.77. The summed E-state index contributed by atoms with van der Waals surface area (Å²) in [5, 5.41) is 9.64. The maximum atomic E-state index is 12.3. The second-order valence-electron chi connectivity index (χ2n) is 8.53. The molecule has 7 heteroatoms. The van der Waals surface area contributed by atoms with E-state index in [1.165, 1.54) is 0 Å². The van der Waals surface area contributed by atoms with Crippen molar-refractivity contribution in [3.05, 3.63) is 29.3 Å². The summed E-state index contributed by atoms with van der Waals surface area (Å²) in [5.41, 5.74) is 0. The van der Waals surface area contributed by atoms with E-state index in [1.54, 1.807) is 36.2 Å². The smallest absolute Gasteiger partial charge is 0.410 e. The Labute approximate surface area is 192 Å². The van der Waals surface area contributed by atoms with Crippen LogP contribution in [-0.4, -0.2) is 74.0 Å². The van der Waals surface area contributed by atoms with E-state index in [2.05, 4.69) is 11.8 Å². The van der Waals surface area contributed by atoms with Crippen LogP contribution in [0.5, 0.6) is 5.75 Å². The number of benzene rings is 1. The van der Waals surface area contributed by atoms with E-state index < -0.39 is 0 Å². The van der Waals surface area contributed by atoms with E-state index in [4.69, 9.17) is 26.2 Å². The van der Waals surface area contributed by atoms with Gasteiger partial charge in [-0.25, -0.2) is 4.79 Å². The van der Waals surface area contributed by atoms with Crippen LogP contribution in [0.15, 0.2) is 24.3 Å². The highest BCUT2D eigenvalue weighted by molar-refractivity contribution is 6.30. The van der Waals surface area contributed by atoms with E-state index in [0.29, 0.717) is 22.6 Å². The first-order valence-corrected chi connectivity index (χ1v) is 12.0. The van der Waals surface area contributed by atoms with Gasteiger partial charge in [0.2, 0.25) is 0 Å². The van der Waals surface area contributed by atoms with Crippen LogP contribution in [-0.2, 0) is 4.74 Å². The van der Waals surface area contributed by atoms with Crippen molar-refractivity contribution < 1.29 is 19.4 Å². The minimum atomic E-state index is -0.326. The van der Waals surface area contributed by atoms with Gasteiger partial charge < -0.3 is 24.4 Å². The molecule has 1 saturated carbocycles. The molecule has 0 atom stereocenters. The summed E-state index contributed by atoms with van der Waals surface area (Å²) in [6.45, 7) is 7.51. The molecule has 0 spiro atoms. The zero-order chi connectivity index (χ0) is 22.5. The van der Waals surface area contributed by atoms with Crippen molar-refractivity contribution in [2.24, 2.45) is 11.8 Å². The Kier molecular flexibility index (Phi) is 12.3. The van der Waals surface area contributed by atoms with Crippen molar-refractivity contribution in [3.8, 4) is 5.75 Å². The third kappa shape index (κ3) is 10.2. The lowest BCUT2D eigenvalue weighted by Gasteiger charge is -2.30. The Morgan fingerprint density at radius 3 is 2.42 bits per heavy atom. The van der Waals surface area contributed by atoms with E-state index in [1.807, 2.05) is 0 Å². The summed E-state index contributed by atoms with van der Waals surface area (Å²) in [4.78, 5) is 16.2. The number of aliphatic hydroxyl groups is 1. The summed E-state index contributed by atoms with van der Waals surface area (Å²) in [5.74, 6) is 1.66. The molecule has 2 rings (SSSR count). The van der Waals surface area contributed by atoms with Gasteiger partial charge in [0.25, 0.3) is 0 Å². The fraction of sp³-hybridized carbons (Fsp3) is 0.708. The van der Waals surface area contributed by atoms with E-state index >= 15 is 0 Å². The largest absolute Gasteiger partial charge is 0.414 e. The van der Waals surface area contributed by atoms with Crippen molar-refractivity contribution in [2.75, 3.05) is 53.0 Å². The number of carbonyl (C=O) groups excluding carboxylic acids is 1. The van der Waals surface area contributed by atoms with Gasteiger partial charge in [0.15, 0.2) is 0 Å². The van der Waals surface area contributed by atoms with Crippen LogP contribution in [0.3, 0.4) is 0 Å². The summed E-state index contributed by atoms with van der Waals surface area (Å²) in [6.07, 6.45) is 6.42. The van der Waals surface area contributed by atoms with Crippen molar-refractivity contribution >= 4 is 17.7 Å². The topological polar surface area (TPSA) is 62.2 Å². The van der Waals surface area contributed by atoms with Crippen LogP contribution in [0.4, 0.5) is 4.79 Å². The number of likely N-dealkylation sites (N-methyl/N-ethyl adjacent to an activating group) is 1. The van der Waals surface area contributed by atoms with Gasteiger partial charge in [-0.15, -0.1) is 0 Å². The van der Waals surface area contributed by atoms with Crippen LogP contribution in [0, 0.1) is 11.8 Å². The monoisotopic (exact) mass is 454 g/mol. The number of halogens is 1. The zero-order valence-corrected chi connectivity index (χ0v) is 19.9. The molecular weight excluding hydrogens is 416 g/mol. The maximum Gasteiger partial charge on any atom is 0.414 e. The number of rotatable bonds is 13. The van der Waals surface area contributed by atoms with Gasteiger partial charge in [0, 0.05) is 38.4 Å². The first kappa shape index (κ1) is 25.9. The minimum Gasteiger partial charge on any atom is -0.410 e. The summed E-state index contributed by atoms with van der Waals surface area (Å²) >= 11 is 5.86. The molecule has 1 fully saturated rings. The first-order valence-electron chi connectivity index (χ1n) is 11.6. The predicted molar refractivity (Wildman–Crippen MR) is 125 cm³/mol. The second-order valence-corrected chi connectivity index (χ2v) is 8.97. The Bertz CT molecular complexity index is 621. The number of carbonyl (C=O) groups is 1. The van der Waals surface area contributed by atoms with Crippen LogP contribution < -0.4 is 4.74 Å². The lowest BCUT2D eigenvalue weighted by atomic mass is 9.82. The molecule has 1 aliphatic rings. The molecular formula is C24H39ClN2O4. The number of ether oxygens (including phenoxy) is 2. The van der Waals surface area contributed by atoms with Gasteiger partial charge in [0.05, 0.1) is 6.61 Å². The molecule has 1 amide bonds. The molecule has 0 heterocycles. The molecule has 176 valence electrons. The van der Waals surface area contributed by atoms with Gasteiger partial charge in [-0.05, 0) is 87.7 Å². The third-order valence-corrected chi connectivity index (χ3v) is 6.31. The molecule has 0 bridgehead atoms. The third-order valence-electron chi connectivity index (χ3n) is 6.06. The normalized spacial score (nSPS) is 18.9. The van der Waals surface area contributed by atoms with Crippen molar-refractivity contribution in [2.45, 2.75) is 45.4 Å². The standard InChI is InChI=1S/C24H39ClN2O4/c1-3-27(15-16-28)14-4-5-17-30-19-21-8-6-20(7-9-21)18-26(2)24(29)31-23-12-10-22(25)11-13-23/h10-13,20-21,28H,3-9,14-19H2,1-2H3. The SMILES string of the molecule is CCN(CCO)CCCCOCC1CCC(CN(C)C(=O)Oc2ccc(Cl)cc2)CC1. The minimum absolute atomic E-state index is 0.229. The molecule has 1 aliphatic carbocycles. The van der Waals surface area contributed by atoms with Crippen LogP contribution >= 0.6 is 11.6 Å². The molecule has 1 aromatic rings. The Hall–Kier alpha value is -1.34. The predicted octanol–water partition coefficient (Wildman–Crippen LogP) is 4.69. The van der Waals surface area contributed by atoms with E-state index in [0.717, 1.165) is 77.9 Å². The van der Waals surface area contributed by atoms with Crippen LogP contribution in [0.1, 0.15) is 45.4 Å². The quantitative estimate of drug-likeness (QED) is 0.438. The summed E-state index contributed by atoms with van der Waals surface area (Å²) in [7, 11) is 1.80. The lowest BCUT2D eigenvalue weighted by Crippen LogP contribution is -2.35. The van der Waals surface area contributed by atoms with Crippen molar-refractivity contribution in [1.82, 2.24) is 9.80 Å². The van der Waals surface area contributed by atoms with Gasteiger partial charge in [-0.1, -0.05) is 18.5 Å². The fourth-order valence-electron chi connectivity index (χ4n) is 4.08. The summed E-state index contributed by atoms with van der Waals surface area (Å²) < 4.78 is 11.3. The van der Waals surface area contributed by atoms with Crippen molar-refractivity contribution in [1.29, 1.82) is 0 Å². The number of nitrogens with zero attached hydrogens (tertiary/aromatic N) is 2. The zero-order valence-electron chi connectivity index (χ0n) is 19.1. The highest BCUT2D eigenvalue weighted by Crippen LogP contribution is 2.29. The average molecular weight is 455 g/mol. The molecule has 31 heavy (non-hydrogen) atoms. The van der Waals surface area contributed by atoms with E-state index in [-0.39, 0.29) is 12.7 Å². The van der Waals surface area contributed by atoms with Gasteiger partial charge in [-0.3, -0.25) is 0 Å². The molecule has 0 radical (unpaired) electrons. The molecule has 6 nitrogen and oxygen atoms in total. The lowest BCUT2D eigenvalue weighted by molar-refractivity contribution is 0.0701. The van der Waals surface area contributed by atoms with Crippen LogP contribution in [0.2, 0.25) is 5.02 Å². The number of aliphatic hydroxyl groups excluding tert-OH is 1. The maximum absolute atomic E-state index is 12.3. The molecule has 1 N–H and O–H groups in total. The molecule has 0 aromatic heterocycles. The fourth-order valence-corrected chi connectivity index (χ4v) is 4.21. The van der Waals surface area contributed by atoms with Crippen LogP contribution in [0.25, 0.3) is 0 Å². The van der Waals surface area contributed by atoms with Crippen molar-refractivity contribution in [3.63, 3.8) is 0 Å². The van der Waals surface area contributed by atoms with E-state index in [9.17, 15) is 4.79 Å². The number of hydrogen-bond donors (Lipinski definition) is 1. The highest BCUT2D eigenvalue weighted by Gasteiger charge is 2.24. The highest BCUT2D eigenvalue weighted by atomic mass is 35.5. The molecule has 0 aliphatic heterocycles.